The van der Waals surface area contributed by atoms with Gasteiger partial charge < -0.3 is 19.6 Å². The summed E-state index contributed by atoms with van der Waals surface area (Å²) in [5.74, 6) is -0.126. The minimum absolute atomic E-state index is 0.0725. The van der Waals surface area contributed by atoms with E-state index in [1.54, 1.807) is 25.3 Å². The third kappa shape index (κ3) is 5.27. The lowest BCUT2D eigenvalue weighted by Crippen LogP contribution is -2.33. The number of carboxylic acids is 1. The van der Waals surface area contributed by atoms with Crippen molar-refractivity contribution in [2.24, 2.45) is 0 Å². The fourth-order valence-corrected chi connectivity index (χ4v) is 1.98. The molecular formula is C14H21ClN2O3. The number of likely N-dealkylation sites (N-methyl/N-ethyl adjacent to an activating group) is 1. The SMILES string of the molecule is COc1ccc(Cl)cc1N(CCC(=O)O)CCN(C)C. The summed E-state index contributed by atoms with van der Waals surface area (Å²) in [6.45, 7) is 1.94. The zero-order valence-corrected chi connectivity index (χ0v) is 12.9. The van der Waals surface area contributed by atoms with E-state index in [1.165, 1.54) is 0 Å². The number of rotatable bonds is 8. The maximum absolute atomic E-state index is 10.8. The van der Waals surface area contributed by atoms with Crippen LogP contribution in [0.15, 0.2) is 18.2 Å². The molecule has 0 radical (unpaired) electrons. The van der Waals surface area contributed by atoms with E-state index in [-0.39, 0.29) is 6.42 Å². The van der Waals surface area contributed by atoms with Gasteiger partial charge in [0, 0.05) is 24.7 Å². The van der Waals surface area contributed by atoms with Crippen molar-refractivity contribution in [1.82, 2.24) is 4.90 Å². The topological polar surface area (TPSA) is 53.0 Å². The first kappa shape index (κ1) is 16.6. The number of hydrogen-bond donors (Lipinski definition) is 1. The van der Waals surface area contributed by atoms with Gasteiger partial charge in [-0.2, -0.15) is 0 Å². The quantitative estimate of drug-likeness (QED) is 0.797. The molecule has 0 amide bonds. The molecule has 0 aliphatic heterocycles. The summed E-state index contributed by atoms with van der Waals surface area (Å²) in [7, 11) is 5.54. The number of ether oxygens (including phenoxy) is 1. The molecular weight excluding hydrogens is 280 g/mol. The largest absolute Gasteiger partial charge is 0.495 e. The summed E-state index contributed by atoms with van der Waals surface area (Å²) >= 11 is 6.03. The first-order valence-electron chi connectivity index (χ1n) is 6.39. The van der Waals surface area contributed by atoms with Gasteiger partial charge in [0.2, 0.25) is 0 Å². The molecule has 1 N–H and O–H groups in total. The number of aliphatic carboxylic acids is 1. The van der Waals surface area contributed by atoms with Crippen LogP contribution in [0.4, 0.5) is 5.69 Å². The maximum Gasteiger partial charge on any atom is 0.305 e. The van der Waals surface area contributed by atoms with Gasteiger partial charge in [-0.3, -0.25) is 4.79 Å². The molecule has 1 aromatic carbocycles. The van der Waals surface area contributed by atoms with Crippen molar-refractivity contribution in [3.8, 4) is 5.75 Å². The molecule has 0 saturated heterocycles. The minimum atomic E-state index is -0.819. The van der Waals surface area contributed by atoms with Crippen LogP contribution in [-0.2, 0) is 4.79 Å². The van der Waals surface area contributed by atoms with E-state index in [9.17, 15) is 4.79 Å². The van der Waals surface area contributed by atoms with Crippen LogP contribution in [0, 0.1) is 0 Å². The molecule has 0 bridgehead atoms. The summed E-state index contributed by atoms with van der Waals surface area (Å²) in [4.78, 5) is 14.8. The van der Waals surface area contributed by atoms with Gasteiger partial charge in [-0.05, 0) is 32.3 Å². The Morgan fingerprint density at radius 3 is 2.55 bits per heavy atom. The molecule has 1 rings (SSSR count). The Hall–Kier alpha value is -1.46. The molecule has 0 heterocycles. The number of methoxy groups -OCH3 is 1. The second-order valence-corrected chi connectivity index (χ2v) is 5.19. The average Bonchev–Trinajstić information content (AvgIpc) is 2.38. The number of carboxylic acid groups (broad SMARTS) is 1. The van der Waals surface area contributed by atoms with E-state index in [4.69, 9.17) is 21.4 Å². The summed E-state index contributed by atoms with van der Waals surface area (Å²) in [6, 6.07) is 5.35. The van der Waals surface area contributed by atoms with Crippen molar-refractivity contribution in [3.05, 3.63) is 23.2 Å². The minimum Gasteiger partial charge on any atom is -0.495 e. The summed E-state index contributed by atoms with van der Waals surface area (Å²) in [5.41, 5.74) is 0.822. The second kappa shape index (κ2) is 7.97. The Labute approximate surface area is 124 Å². The molecule has 1 aromatic rings. The number of benzene rings is 1. The van der Waals surface area contributed by atoms with Gasteiger partial charge >= 0.3 is 5.97 Å². The molecule has 112 valence electrons. The highest BCUT2D eigenvalue weighted by atomic mass is 35.5. The third-order valence-corrected chi connectivity index (χ3v) is 3.13. The van der Waals surface area contributed by atoms with Gasteiger partial charge in [0.15, 0.2) is 0 Å². The predicted octanol–water partition coefficient (Wildman–Crippen LogP) is 2.19. The molecule has 0 atom stereocenters. The molecule has 0 fully saturated rings. The van der Waals surface area contributed by atoms with Crippen molar-refractivity contribution in [1.29, 1.82) is 0 Å². The highest BCUT2D eigenvalue weighted by Crippen LogP contribution is 2.31. The van der Waals surface area contributed by atoms with Gasteiger partial charge in [-0.15, -0.1) is 0 Å². The van der Waals surface area contributed by atoms with Crippen LogP contribution in [0.1, 0.15) is 6.42 Å². The number of hydrogen-bond acceptors (Lipinski definition) is 4. The lowest BCUT2D eigenvalue weighted by atomic mass is 10.2. The molecule has 0 saturated carbocycles. The standard InChI is InChI=1S/C14H21ClN2O3/c1-16(2)8-9-17(7-6-14(18)19)12-10-11(15)4-5-13(12)20-3/h4-5,10H,6-9H2,1-3H3,(H,18,19). The summed E-state index contributed by atoms with van der Waals surface area (Å²) in [6.07, 6.45) is 0.0725. The van der Waals surface area contributed by atoms with Crippen LogP contribution in [0.2, 0.25) is 5.02 Å². The van der Waals surface area contributed by atoms with Crippen molar-refractivity contribution in [2.45, 2.75) is 6.42 Å². The first-order chi connectivity index (χ1) is 9.43. The van der Waals surface area contributed by atoms with Crippen LogP contribution < -0.4 is 9.64 Å². The number of halogens is 1. The molecule has 20 heavy (non-hydrogen) atoms. The van der Waals surface area contributed by atoms with E-state index in [0.717, 1.165) is 12.2 Å². The highest BCUT2D eigenvalue weighted by Gasteiger charge is 2.14. The Morgan fingerprint density at radius 2 is 2.00 bits per heavy atom. The zero-order chi connectivity index (χ0) is 15.1. The van der Waals surface area contributed by atoms with Gasteiger partial charge in [0.25, 0.3) is 0 Å². The average molecular weight is 301 g/mol. The molecule has 6 heteroatoms. The van der Waals surface area contributed by atoms with Crippen LogP contribution in [-0.4, -0.2) is 56.8 Å². The lowest BCUT2D eigenvalue weighted by Gasteiger charge is -2.27. The predicted molar refractivity (Wildman–Crippen MR) is 81.0 cm³/mol. The molecule has 0 spiro atoms. The normalized spacial score (nSPS) is 10.7. The van der Waals surface area contributed by atoms with Crippen LogP contribution in [0.25, 0.3) is 0 Å². The summed E-state index contributed by atoms with van der Waals surface area (Å²) < 4.78 is 5.33. The molecule has 0 aromatic heterocycles. The van der Waals surface area contributed by atoms with Gasteiger partial charge in [-0.1, -0.05) is 11.6 Å². The molecule has 0 unspecified atom stereocenters. The monoisotopic (exact) mass is 300 g/mol. The van der Waals surface area contributed by atoms with Crippen LogP contribution in [0.5, 0.6) is 5.75 Å². The van der Waals surface area contributed by atoms with Crippen molar-refractivity contribution in [3.63, 3.8) is 0 Å². The van der Waals surface area contributed by atoms with E-state index in [0.29, 0.717) is 23.9 Å². The number of carbonyl (C=O) groups is 1. The van der Waals surface area contributed by atoms with E-state index < -0.39 is 5.97 Å². The van der Waals surface area contributed by atoms with E-state index in [1.807, 2.05) is 23.9 Å². The Kier molecular flexibility index (Phi) is 6.61. The van der Waals surface area contributed by atoms with Crippen molar-refractivity contribution in [2.75, 3.05) is 45.7 Å². The fraction of sp³-hybridized carbons (Fsp3) is 0.500. The second-order valence-electron chi connectivity index (χ2n) is 4.75. The van der Waals surface area contributed by atoms with Crippen LogP contribution in [0.3, 0.4) is 0 Å². The maximum atomic E-state index is 10.8. The lowest BCUT2D eigenvalue weighted by molar-refractivity contribution is -0.136. The Bertz CT molecular complexity index is 452. The van der Waals surface area contributed by atoms with E-state index >= 15 is 0 Å². The molecule has 0 aliphatic carbocycles. The highest BCUT2D eigenvalue weighted by molar-refractivity contribution is 6.30. The van der Waals surface area contributed by atoms with Crippen LogP contribution >= 0.6 is 11.6 Å². The van der Waals surface area contributed by atoms with Gasteiger partial charge in [0.1, 0.15) is 5.75 Å². The fourth-order valence-electron chi connectivity index (χ4n) is 1.81. The van der Waals surface area contributed by atoms with Gasteiger partial charge in [-0.25, -0.2) is 0 Å². The number of anilines is 1. The molecule has 5 nitrogen and oxygen atoms in total. The van der Waals surface area contributed by atoms with Crippen molar-refractivity contribution < 1.29 is 14.6 Å². The smallest absolute Gasteiger partial charge is 0.305 e. The third-order valence-electron chi connectivity index (χ3n) is 2.89. The van der Waals surface area contributed by atoms with E-state index in [2.05, 4.69) is 0 Å². The summed E-state index contributed by atoms with van der Waals surface area (Å²) in [5, 5.41) is 9.48. The zero-order valence-electron chi connectivity index (χ0n) is 12.1. The Morgan fingerprint density at radius 1 is 1.30 bits per heavy atom. The molecule has 0 aliphatic rings. The Balaban J connectivity index is 2.95. The first-order valence-corrected chi connectivity index (χ1v) is 6.77. The van der Waals surface area contributed by atoms with Crippen molar-refractivity contribution >= 4 is 23.3 Å². The number of nitrogens with zero attached hydrogens (tertiary/aromatic N) is 2. The van der Waals surface area contributed by atoms with Gasteiger partial charge in [0.05, 0.1) is 19.2 Å².